The lowest BCUT2D eigenvalue weighted by atomic mass is 10.0. The molecular formula is C13H17FN2O. The third-order valence-corrected chi connectivity index (χ3v) is 3.23. The fraction of sp³-hybridized carbons (Fsp3) is 0.462. The number of nitrogens with zero attached hydrogens (tertiary/aromatic N) is 1. The summed E-state index contributed by atoms with van der Waals surface area (Å²) in [4.78, 5) is 13.9. The van der Waals surface area contributed by atoms with E-state index in [-0.39, 0.29) is 17.8 Å². The van der Waals surface area contributed by atoms with E-state index in [1.54, 1.807) is 24.0 Å². The first kappa shape index (κ1) is 12.0. The van der Waals surface area contributed by atoms with Crippen molar-refractivity contribution >= 4 is 5.91 Å². The van der Waals surface area contributed by atoms with Crippen LogP contribution in [0.1, 0.15) is 28.8 Å². The van der Waals surface area contributed by atoms with Crippen LogP contribution < -0.4 is 5.73 Å². The van der Waals surface area contributed by atoms with Gasteiger partial charge in [-0.1, -0.05) is 0 Å². The van der Waals surface area contributed by atoms with Crippen molar-refractivity contribution in [2.24, 2.45) is 5.73 Å². The van der Waals surface area contributed by atoms with Crippen molar-refractivity contribution in [2.75, 3.05) is 13.1 Å². The molecule has 0 unspecified atom stereocenters. The number of carbonyl (C=O) groups excluding carboxylic acids is 1. The molecule has 0 spiro atoms. The topological polar surface area (TPSA) is 46.3 Å². The third-order valence-electron chi connectivity index (χ3n) is 3.23. The summed E-state index contributed by atoms with van der Waals surface area (Å²) in [5.41, 5.74) is 6.85. The van der Waals surface area contributed by atoms with E-state index in [1.807, 2.05) is 0 Å². The lowest BCUT2D eigenvalue weighted by Gasteiger charge is -2.30. The Morgan fingerprint density at radius 1 is 1.41 bits per heavy atom. The highest BCUT2D eigenvalue weighted by Crippen LogP contribution is 2.15. The fourth-order valence-electron chi connectivity index (χ4n) is 2.06. The van der Waals surface area contributed by atoms with Crippen LogP contribution >= 0.6 is 0 Å². The van der Waals surface area contributed by atoms with Crippen LogP contribution in [0, 0.1) is 12.7 Å². The van der Waals surface area contributed by atoms with E-state index in [2.05, 4.69) is 0 Å². The van der Waals surface area contributed by atoms with Crippen molar-refractivity contribution in [1.29, 1.82) is 0 Å². The molecule has 0 radical (unpaired) electrons. The minimum atomic E-state index is -0.276. The zero-order chi connectivity index (χ0) is 12.4. The van der Waals surface area contributed by atoms with Gasteiger partial charge in [0.05, 0.1) is 0 Å². The van der Waals surface area contributed by atoms with Crippen molar-refractivity contribution in [3.63, 3.8) is 0 Å². The number of hydrogen-bond donors (Lipinski definition) is 1. The molecule has 1 amide bonds. The molecule has 2 rings (SSSR count). The van der Waals surface area contributed by atoms with E-state index >= 15 is 0 Å². The van der Waals surface area contributed by atoms with Crippen molar-refractivity contribution in [1.82, 2.24) is 4.90 Å². The molecule has 92 valence electrons. The summed E-state index contributed by atoms with van der Waals surface area (Å²) in [6, 6.07) is 4.69. The number of piperidine rings is 1. The summed E-state index contributed by atoms with van der Waals surface area (Å²) in [6.07, 6.45) is 1.68. The highest BCUT2D eigenvalue weighted by Gasteiger charge is 2.21. The number of likely N-dealkylation sites (tertiary alicyclic amines) is 1. The smallest absolute Gasteiger partial charge is 0.253 e. The van der Waals surface area contributed by atoms with E-state index in [1.165, 1.54) is 6.07 Å². The van der Waals surface area contributed by atoms with E-state index in [9.17, 15) is 9.18 Å². The van der Waals surface area contributed by atoms with Gasteiger partial charge in [-0.25, -0.2) is 4.39 Å². The van der Waals surface area contributed by atoms with E-state index in [0.717, 1.165) is 12.8 Å². The number of amides is 1. The van der Waals surface area contributed by atoms with E-state index < -0.39 is 0 Å². The van der Waals surface area contributed by atoms with Crippen LogP contribution in [0.15, 0.2) is 18.2 Å². The molecule has 4 heteroatoms. The van der Waals surface area contributed by atoms with Crippen LogP contribution in [0.5, 0.6) is 0 Å². The third kappa shape index (κ3) is 2.64. The van der Waals surface area contributed by atoms with Gasteiger partial charge in [0, 0.05) is 24.7 Å². The monoisotopic (exact) mass is 236 g/mol. The quantitative estimate of drug-likeness (QED) is 0.806. The van der Waals surface area contributed by atoms with Crippen molar-refractivity contribution in [2.45, 2.75) is 25.8 Å². The molecule has 1 fully saturated rings. The maximum absolute atomic E-state index is 13.1. The minimum absolute atomic E-state index is 0.0278. The van der Waals surface area contributed by atoms with E-state index in [0.29, 0.717) is 24.2 Å². The van der Waals surface area contributed by atoms with Gasteiger partial charge < -0.3 is 10.6 Å². The largest absolute Gasteiger partial charge is 0.339 e. The van der Waals surface area contributed by atoms with Crippen LogP contribution in [0.3, 0.4) is 0 Å². The van der Waals surface area contributed by atoms with Gasteiger partial charge in [0.2, 0.25) is 0 Å². The normalized spacial score (nSPS) is 17.2. The Balaban J connectivity index is 2.11. The van der Waals surface area contributed by atoms with Gasteiger partial charge in [0.1, 0.15) is 5.82 Å². The molecule has 1 aromatic carbocycles. The molecular weight excluding hydrogens is 219 g/mol. The molecule has 3 nitrogen and oxygen atoms in total. The number of benzene rings is 1. The number of aryl methyl sites for hydroxylation is 1. The number of hydrogen-bond acceptors (Lipinski definition) is 2. The predicted octanol–water partition coefficient (Wildman–Crippen LogP) is 1.70. The molecule has 17 heavy (non-hydrogen) atoms. The number of halogens is 1. The van der Waals surface area contributed by atoms with Crippen LogP contribution in [0.25, 0.3) is 0 Å². The summed E-state index contributed by atoms with van der Waals surface area (Å²) >= 11 is 0. The average molecular weight is 236 g/mol. The van der Waals surface area contributed by atoms with Gasteiger partial charge >= 0.3 is 0 Å². The van der Waals surface area contributed by atoms with Crippen molar-refractivity contribution in [3.8, 4) is 0 Å². The van der Waals surface area contributed by atoms with Crippen molar-refractivity contribution in [3.05, 3.63) is 35.1 Å². The maximum Gasteiger partial charge on any atom is 0.253 e. The Labute approximate surface area is 100 Å². The number of rotatable bonds is 1. The highest BCUT2D eigenvalue weighted by molar-refractivity contribution is 5.94. The number of nitrogens with two attached hydrogens (primary N) is 1. The molecule has 1 aliphatic heterocycles. The highest BCUT2D eigenvalue weighted by atomic mass is 19.1. The van der Waals surface area contributed by atoms with Crippen LogP contribution in [0.4, 0.5) is 4.39 Å². The molecule has 1 aromatic rings. The molecule has 0 atom stereocenters. The zero-order valence-electron chi connectivity index (χ0n) is 9.95. The van der Waals surface area contributed by atoms with Gasteiger partial charge in [-0.15, -0.1) is 0 Å². The Hall–Kier alpha value is -1.42. The Morgan fingerprint density at radius 3 is 2.65 bits per heavy atom. The zero-order valence-corrected chi connectivity index (χ0v) is 9.95. The summed E-state index contributed by atoms with van der Waals surface area (Å²) in [5.74, 6) is -0.304. The molecule has 1 aliphatic rings. The van der Waals surface area contributed by atoms with Gasteiger partial charge in [0.25, 0.3) is 5.91 Å². The van der Waals surface area contributed by atoms with E-state index in [4.69, 9.17) is 5.73 Å². The Morgan fingerprint density at radius 2 is 2.06 bits per heavy atom. The first-order chi connectivity index (χ1) is 8.08. The maximum atomic E-state index is 13.1. The first-order valence-corrected chi connectivity index (χ1v) is 5.89. The van der Waals surface area contributed by atoms with Gasteiger partial charge in [-0.3, -0.25) is 4.79 Å². The molecule has 0 saturated carbocycles. The molecule has 0 aliphatic carbocycles. The van der Waals surface area contributed by atoms with Gasteiger partial charge in [0.15, 0.2) is 0 Å². The molecule has 1 saturated heterocycles. The summed E-state index contributed by atoms with van der Waals surface area (Å²) in [5, 5.41) is 0. The van der Waals surface area contributed by atoms with Crippen molar-refractivity contribution < 1.29 is 9.18 Å². The SMILES string of the molecule is Cc1cc(C(=O)N2CCC(N)CC2)ccc1F. The summed E-state index contributed by atoms with van der Waals surface area (Å²) < 4.78 is 13.1. The standard InChI is InChI=1S/C13H17FN2O/c1-9-8-10(2-3-12(9)14)13(17)16-6-4-11(15)5-7-16/h2-3,8,11H,4-7,15H2,1H3. The molecule has 0 aromatic heterocycles. The van der Waals surface area contributed by atoms with Crippen LogP contribution in [-0.4, -0.2) is 29.9 Å². The van der Waals surface area contributed by atoms with Crippen LogP contribution in [-0.2, 0) is 0 Å². The molecule has 0 bridgehead atoms. The van der Waals surface area contributed by atoms with Gasteiger partial charge in [-0.05, 0) is 43.5 Å². The second-order valence-electron chi connectivity index (χ2n) is 4.59. The Bertz CT molecular complexity index is 425. The minimum Gasteiger partial charge on any atom is -0.339 e. The molecule has 1 heterocycles. The second kappa shape index (κ2) is 4.84. The summed E-state index contributed by atoms with van der Waals surface area (Å²) in [7, 11) is 0. The molecule has 2 N–H and O–H groups in total. The summed E-state index contributed by atoms with van der Waals surface area (Å²) in [6.45, 7) is 3.05. The fourth-order valence-corrected chi connectivity index (χ4v) is 2.06. The first-order valence-electron chi connectivity index (χ1n) is 5.89. The Kier molecular flexibility index (Phi) is 3.43. The predicted molar refractivity (Wildman–Crippen MR) is 64.2 cm³/mol. The lowest BCUT2D eigenvalue weighted by molar-refractivity contribution is 0.0714. The van der Waals surface area contributed by atoms with Gasteiger partial charge in [-0.2, -0.15) is 0 Å². The number of carbonyl (C=O) groups is 1. The lowest BCUT2D eigenvalue weighted by Crippen LogP contribution is -2.42. The van der Waals surface area contributed by atoms with Crippen LogP contribution in [0.2, 0.25) is 0 Å². The second-order valence-corrected chi connectivity index (χ2v) is 4.59. The average Bonchev–Trinajstić information content (AvgIpc) is 2.33.